The molecule has 3 rings (SSSR count). The Bertz CT molecular complexity index is 1110. The highest BCUT2D eigenvalue weighted by Crippen LogP contribution is 2.42. The predicted molar refractivity (Wildman–Crippen MR) is 104 cm³/mol. The molecular formula is C18H14ClF3N4O2S. The zero-order chi connectivity index (χ0) is 21.2. The molecule has 2 aromatic heterocycles. The second kappa shape index (κ2) is 8.34. The van der Waals surface area contributed by atoms with Gasteiger partial charge in [0, 0.05) is 23.2 Å². The molecule has 1 aromatic carbocycles. The van der Waals surface area contributed by atoms with Crippen LogP contribution in [0.3, 0.4) is 0 Å². The van der Waals surface area contributed by atoms with Gasteiger partial charge >= 0.3 is 6.18 Å². The average Bonchev–Trinajstić information content (AvgIpc) is 3.10. The van der Waals surface area contributed by atoms with Gasteiger partial charge in [-0.25, -0.2) is 9.67 Å². The predicted octanol–water partition coefficient (Wildman–Crippen LogP) is 3.84. The molecule has 152 valence electrons. The number of halogens is 4. The molecular weight excluding hydrogens is 429 g/mol. The second-order valence-corrected chi connectivity index (χ2v) is 7.31. The Hall–Kier alpha value is -2.72. The third kappa shape index (κ3) is 4.83. The van der Waals surface area contributed by atoms with Crippen LogP contribution in [-0.2, 0) is 17.5 Å². The highest BCUT2D eigenvalue weighted by Gasteiger charge is 2.38. The van der Waals surface area contributed by atoms with Crippen LogP contribution in [0.15, 0.2) is 41.2 Å². The molecule has 0 aliphatic heterocycles. The molecule has 0 atom stereocenters. The van der Waals surface area contributed by atoms with Crippen molar-refractivity contribution in [1.29, 1.82) is 0 Å². The van der Waals surface area contributed by atoms with Gasteiger partial charge in [-0.05, 0) is 25.1 Å². The number of amides is 1. The second-order valence-electron chi connectivity index (χ2n) is 5.87. The summed E-state index contributed by atoms with van der Waals surface area (Å²) in [6, 6.07) is 8.56. The zero-order valence-electron chi connectivity index (χ0n) is 15.0. The van der Waals surface area contributed by atoms with Crippen molar-refractivity contribution in [2.45, 2.75) is 19.6 Å². The van der Waals surface area contributed by atoms with Gasteiger partial charge in [0.2, 0.25) is 5.91 Å². The number of nitrogens with one attached hydrogen (secondary N) is 1. The summed E-state index contributed by atoms with van der Waals surface area (Å²) >= 11 is 6.70. The van der Waals surface area contributed by atoms with Crippen LogP contribution in [0.4, 0.5) is 13.2 Å². The summed E-state index contributed by atoms with van der Waals surface area (Å²) in [6.45, 7) is 1.65. The summed E-state index contributed by atoms with van der Waals surface area (Å²) < 4.78 is 41.6. The summed E-state index contributed by atoms with van der Waals surface area (Å²) in [7, 11) is 0. The van der Waals surface area contributed by atoms with Gasteiger partial charge in [-0.3, -0.25) is 9.59 Å². The highest BCUT2D eigenvalue weighted by atomic mass is 35.5. The number of likely N-dealkylation sites (N-methyl/N-ethyl adjacent to an activating group) is 1. The molecule has 0 unspecified atom stereocenters. The van der Waals surface area contributed by atoms with Crippen molar-refractivity contribution in [2.75, 3.05) is 6.54 Å². The van der Waals surface area contributed by atoms with Gasteiger partial charge in [-0.15, -0.1) is 11.3 Å². The molecule has 3 aromatic rings. The van der Waals surface area contributed by atoms with Crippen LogP contribution in [0.2, 0.25) is 5.02 Å². The van der Waals surface area contributed by atoms with Crippen LogP contribution in [0, 0.1) is 0 Å². The SMILES string of the molecule is CCNC(=O)Cn1nc(-c2sc(-c3cccc(Cl)c3)nc2C(F)(F)F)ccc1=O. The molecule has 0 bridgehead atoms. The number of nitrogens with zero attached hydrogens (tertiary/aromatic N) is 3. The van der Waals surface area contributed by atoms with E-state index in [1.54, 1.807) is 25.1 Å². The molecule has 0 saturated carbocycles. The Morgan fingerprint density at radius 3 is 2.69 bits per heavy atom. The summed E-state index contributed by atoms with van der Waals surface area (Å²) in [5.74, 6) is -0.473. The van der Waals surface area contributed by atoms with Gasteiger partial charge in [0.05, 0.1) is 4.88 Å². The first-order valence-corrected chi connectivity index (χ1v) is 9.57. The van der Waals surface area contributed by atoms with Crippen LogP contribution in [0.5, 0.6) is 0 Å². The van der Waals surface area contributed by atoms with Crippen molar-refractivity contribution < 1.29 is 18.0 Å². The molecule has 0 fully saturated rings. The van der Waals surface area contributed by atoms with Crippen LogP contribution in [0.25, 0.3) is 21.1 Å². The molecule has 0 saturated heterocycles. The van der Waals surface area contributed by atoms with Gasteiger partial charge in [0.15, 0.2) is 5.69 Å². The van der Waals surface area contributed by atoms with E-state index in [-0.39, 0.29) is 15.6 Å². The third-order valence-corrected chi connectivity index (χ3v) is 5.10. The van der Waals surface area contributed by atoms with Crippen molar-refractivity contribution in [3.05, 3.63) is 57.5 Å². The van der Waals surface area contributed by atoms with E-state index in [2.05, 4.69) is 15.4 Å². The Labute approximate surface area is 172 Å². The number of thiazole rings is 1. The van der Waals surface area contributed by atoms with E-state index in [1.807, 2.05) is 0 Å². The lowest BCUT2D eigenvalue weighted by Crippen LogP contribution is -2.33. The molecule has 0 radical (unpaired) electrons. The number of aromatic nitrogens is 3. The first-order chi connectivity index (χ1) is 13.7. The van der Waals surface area contributed by atoms with E-state index >= 15 is 0 Å². The minimum atomic E-state index is -4.73. The quantitative estimate of drug-likeness (QED) is 0.651. The Balaban J connectivity index is 2.10. The highest BCUT2D eigenvalue weighted by molar-refractivity contribution is 7.18. The van der Waals surface area contributed by atoms with E-state index in [0.29, 0.717) is 17.1 Å². The number of hydrogen-bond donors (Lipinski definition) is 1. The molecule has 0 aliphatic carbocycles. The topological polar surface area (TPSA) is 76.9 Å². The number of rotatable bonds is 5. The monoisotopic (exact) mass is 442 g/mol. The number of benzene rings is 1. The lowest BCUT2D eigenvalue weighted by atomic mass is 10.2. The van der Waals surface area contributed by atoms with E-state index in [4.69, 9.17) is 11.6 Å². The fourth-order valence-electron chi connectivity index (χ4n) is 2.50. The first-order valence-electron chi connectivity index (χ1n) is 8.38. The summed E-state index contributed by atoms with van der Waals surface area (Å²) in [5.41, 5.74) is -1.40. The molecule has 1 amide bonds. The molecule has 29 heavy (non-hydrogen) atoms. The Morgan fingerprint density at radius 2 is 2.03 bits per heavy atom. The van der Waals surface area contributed by atoms with E-state index in [9.17, 15) is 22.8 Å². The smallest absolute Gasteiger partial charge is 0.355 e. The van der Waals surface area contributed by atoms with Crippen molar-refractivity contribution >= 4 is 28.8 Å². The number of hydrogen-bond acceptors (Lipinski definition) is 5. The normalized spacial score (nSPS) is 11.5. The summed E-state index contributed by atoms with van der Waals surface area (Å²) in [4.78, 5) is 27.2. The lowest BCUT2D eigenvalue weighted by Gasteiger charge is -2.08. The maximum absolute atomic E-state index is 13.6. The van der Waals surface area contributed by atoms with Crippen LogP contribution in [0.1, 0.15) is 12.6 Å². The van der Waals surface area contributed by atoms with E-state index < -0.39 is 29.9 Å². The minimum absolute atomic E-state index is 0.105. The Morgan fingerprint density at radius 1 is 1.28 bits per heavy atom. The first kappa shape index (κ1) is 21.0. The largest absolute Gasteiger partial charge is 0.434 e. The van der Waals surface area contributed by atoms with Gasteiger partial charge in [0.1, 0.15) is 17.2 Å². The van der Waals surface area contributed by atoms with Crippen LogP contribution in [-0.4, -0.2) is 27.2 Å². The maximum Gasteiger partial charge on any atom is 0.434 e. The van der Waals surface area contributed by atoms with Crippen molar-refractivity contribution in [1.82, 2.24) is 20.1 Å². The number of carbonyl (C=O) groups excluding carboxylic acids is 1. The average molecular weight is 443 g/mol. The Kier molecular flexibility index (Phi) is 6.04. The van der Waals surface area contributed by atoms with E-state index in [1.165, 1.54) is 12.1 Å². The van der Waals surface area contributed by atoms with Crippen molar-refractivity contribution in [2.24, 2.45) is 0 Å². The molecule has 6 nitrogen and oxygen atoms in total. The van der Waals surface area contributed by atoms with Gasteiger partial charge in [-0.2, -0.15) is 18.3 Å². The molecule has 1 N–H and O–H groups in total. The molecule has 11 heteroatoms. The maximum atomic E-state index is 13.6. The molecule has 0 aliphatic rings. The van der Waals surface area contributed by atoms with Crippen LogP contribution >= 0.6 is 22.9 Å². The number of carbonyl (C=O) groups is 1. The summed E-state index contributed by atoms with van der Waals surface area (Å²) in [5, 5.41) is 6.93. The van der Waals surface area contributed by atoms with Crippen molar-refractivity contribution in [3.63, 3.8) is 0 Å². The van der Waals surface area contributed by atoms with Crippen LogP contribution < -0.4 is 10.9 Å². The van der Waals surface area contributed by atoms with Gasteiger partial charge in [0.25, 0.3) is 5.56 Å². The van der Waals surface area contributed by atoms with Crippen molar-refractivity contribution in [3.8, 4) is 21.1 Å². The number of alkyl halides is 3. The lowest BCUT2D eigenvalue weighted by molar-refractivity contribution is -0.140. The van der Waals surface area contributed by atoms with Gasteiger partial charge in [-0.1, -0.05) is 23.7 Å². The molecule has 0 spiro atoms. The third-order valence-electron chi connectivity index (χ3n) is 3.73. The molecule has 2 heterocycles. The zero-order valence-corrected chi connectivity index (χ0v) is 16.5. The minimum Gasteiger partial charge on any atom is -0.355 e. The van der Waals surface area contributed by atoms with E-state index in [0.717, 1.165) is 22.1 Å². The fourth-order valence-corrected chi connectivity index (χ4v) is 3.74. The van der Waals surface area contributed by atoms with Gasteiger partial charge < -0.3 is 5.32 Å². The standard InChI is InChI=1S/C18H14ClF3N4O2S/c1-2-23-13(27)9-26-14(28)7-6-12(25-26)15-16(18(20,21)22)24-17(29-15)10-4-3-5-11(19)8-10/h3-8H,2,9H2,1H3,(H,23,27). The fraction of sp³-hybridized carbons (Fsp3) is 0.222. The summed E-state index contributed by atoms with van der Waals surface area (Å²) in [6.07, 6.45) is -4.73.